The second kappa shape index (κ2) is 14.7. The molecule has 0 aliphatic carbocycles. The first kappa shape index (κ1) is 22.8. The molecule has 0 atom stereocenters. The summed E-state index contributed by atoms with van der Waals surface area (Å²) in [5, 5.41) is 3.34. The van der Waals surface area contributed by atoms with E-state index in [0.717, 1.165) is 19.4 Å². The van der Waals surface area contributed by atoms with Crippen LogP contribution in [0.25, 0.3) is 0 Å². The molecule has 0 aliphatic heterocycles. The van der Waals surface area contributed by atoms with E-state index in [9.17, 15) is 8.42 Å². The second-order valence-electron chi connectivity index (χ2n) is 3.14. The summed E-state index contributed by atoms with van der Waals surface area (Å²) in [4.78, 5) is 0. The van der Waals surface area contributed by atoms with E-state index in [4.69, 9.17) is 4.55 Å². The molecule has 2 N–H and O–H groups in total. The lowest BCUT2D eigenvalue weighted by Crippen LogP contribution is -2.27. The van der Waals surface area contributed by atoms with Gasteiger partial charge in [-0.15, -0.1) is 13.2 Å². The Morgan fingerprint density at radius 3 is 1.89 bits per heavy atom. The lowest BCUT2D eigenvalue weighted by Gasteiger charge is -2.12. The molecule has 0 rings (SSSR count). The van der Waals surface area contributed by atoms with Gasteiger partial charge in [0.25, 0.3) is 0 Å². The molecule has 0 radical (unpaired) electrons. The summed E-state index contributed by atoms with van der Waals surface area (Å²) in [6, 6.07) is 0.542. The maximum atomic E-state index is 9.56. The van der Waals surface area contributed by atoms with Gasteiger partial charge in [-0.25, -0.2) is 4.18 Å². The minimum Gasteiger partial charge on any atom is -0.314 e. The predicted molar refractivity (Wildman–Crippen MR) is 80.6 cm³/mol. The fourth-order valence-electron chi connectivity index (χ4n) is 1.10. The van der Waals surface area contributed by atoms with Crippen LogP contribution in [-0.2, 0) is 14.6 Å². The Balaban J connectivity index is -0.000000251. The molecule has 0 saturated carbocycles. The van der Waals surface area contributed by atoms with Gasteiger partial charge in [0.2, 0.25) is 0 Å². The Morgan fingerprint density at radius 2 is 1.72 bits per heavy atom. The van der Waals surface area contributed by atoms with Gasteiger partial charge >= 0.3 is 10.4 Å². The van der Waals surface area contributed by atoms with Crippen LogP contribution in [0.1, 0.15) is 26.7 Å². The Hall–Kier alpha value is -0.340. The number of rotatable bonds is 8. The van der Waals surface area contributed by atoms with Crippen molar-refractivity contribution >= 4 is 23.9 Å². The van der Waals surface area contributed by atoms with Gasteiger partial charge < -0.3 is 5.32 Å². The van der Waals surface area contributed by atoms with E-state index < -0.39 is 10.4 Å². The highest BCUT2D eigenvalue weighted by Gasteiger charge is 2.00. The summed E-state index contributed by atoms with van der Waals surface area (Å²) in [6.07, 6.45) is 5.94. The van der Waals surface area contributed by atoms with Crippen molar-refractivity contribution in [1.82, 2.24) is 5.32 Å². The topological polar surface area (TPSA) is 75.6 Å². The van der Waals surface area contributed by atoms with Gasteiger partial charge in [0.1, 0.15) is 0 Å². The van der Waals surface area contributed by atoms with Crippen molar-refractivity contribution in [3.8, 4) is 0 Å². The van der Waals surface area contributed by atoms with Crippen LogP contribution in [0.4, 0.5) is 0 Å². The Labute approximate surface area is 118 Å². The smallest absolute Gasteiger partial charge is 0.314 e. The summed E-state index contributed by atoms with van der Waals surface area (Å²) >= 11 is 0. The number of hydrogen-bond acceptors (Lipinski definition) is 4. The Morgan fingerprint density at radius 1 is 1.28 bits per heavy atom. The van der Waals surface area contributed by atoms with Crippen molar-refractivity contribution in [3.05, 3.63) is 25.3 Å². The van der Waals surface area contributed by atoms with Crippen molar-refractivity contribution in [2.24, 2.45) is 0 Å². The Kier molecular flexibility index (Phi) is 18.7. The third kappa shape index (κ3) is 21.0. The van der Waals surface area contributed by atoms with E-state index in [0.29, 0.717) is 6.04 Å². The largest absolute Gasteiger partial charge is 0.397 e. The molecule has 5 nitrogen and oxygen atoms in total. The minimum atomic E-state index is -4.17. The molecule has 0 saturated heterocycles. The minimum absolute atomic E-state index is 0. The first-order chi connectivity index (χ1) is 7.91. The van der Waals surface area contributed by atoms with Crippen LogP contribution >= 0.6 is 13.5 Å². The predicted octanol–water partition coefficient (Wildman–Crippen LogP) is 2.06. The van der Waals surface area contributed by atoms with Crippen LogP contribution in [0, 0.1) is 0 Å². The third-order valence-electron chi connectivity index (χ3n) is 1.66. The molecule has 0 bridgehead atoms. The van der Waals surface area contributed by atoms with Crippen LogP contribution < -0.4 is 5.32 Å². The lowest BCUT2D eigenvalue weighted by atomic mass is 10.1. The van der Waals surface area contributed by atoms with E-state index in [1.165, 1.54) is 6.92 Å². The molecule has 0 unspecified atom stereocenters. The fourth-order valence-corrected chi connectivity index (χ4v) is 1.40. The Bertz CT molecular complexity index is 281. The van der Waals surface area contributed by atoms with Crippen molar-refractivity contribution in [2.75, 3.05) is 13.2 Å². The fraction of sp³-hybridized carbons (Fsp3) is 0.636. The summed E-state index contributed by atoms with van der Waals surface area (Å²) in [5.74, 6) is 0. The van der Waals surface area contributed by atoms with Crippen LogP contribution in [0.5, 0.6) is 0 Å². The maximum Gasteiger partial charge on any atom is 0.397 e. The van der Waals surface area contributed by atoms with Crippen LogP contribution in [0.3, 0.4) is 0 Å². The van der Waals surface area contributed by atoms with Gasteiger partial charge in [0.15, 0.2) is 0 Å². The molecule has 0 aromatic rings. The normalized spacial score (nSPS) is 10.0. The summed E-state index contributed by atoms with van der Waals surface area (Å²) in [7, 11) is -4.17. The molecule has 110 valence electrons. The number of hydrogen-bond donors (Lipinski definition) is 2. The van der Waals surface area contributed by atoms with Crippen molar-refractivity contribution in [1.29, 1.82) is 0 Å². The highest BCUT2D eigenvalue weighted by molar-refractivity contribution is 7.80. The van der Waals surface area contributed by atoms with E-state index in [1.807, 2.05) is 12.2 Å². The SMILES string of the molecule is C=CCC(CC=C)NCC.CCOS(=O)(=O)O.S. The molecule has 0 spiro atoms. The second-order valence-corrected chi connectivity index (χ2v) is 4.23. The molecular weight excluding hydrogens is 274 g/mol. The van der Waals surface area contributed by atoms with E-state index in [1.54, 1.807) is 0 Å². The average molecular weight is 299 g/mol. The molecule has 7 heteroatoms. The molecule has 0 aliphatic rings. The van der Waals surface area contributed by atoms with Gasteiger partial charge in [-0.3, -0.25) is 4.55 Å². The zero-order chi connectivity index (χ0) is 13.7. The molecule has 0 fully saturated rings. The standard InChI is InChI=1S/C9H17N.C2H6O4S.H2S/c1-4-7-9(8-5-2)10-6-3;1-2-6-7(3,4)5;/h4-5,9-10H,1-2,6-8H2,3H3;2H2,1H3,(H,3,4,5);1H2. The van der Waals surface area contributed by atoms with Gasteiger partial charge in [-0.1, -0.05) is 19.1 Å². The van der Waals surface area contributed by atoms with Crippen molar-refractivity contribution in [2.45, 2.75) is 32.7 Å². The van der Waals surface area contributed by atoms with Gasteiger partial charge in [-0.2, -0.15) is 21.9 Å². The summed E-state index contributed by atoms with van der Waals surface area (Å²) in [6.45, 7) is 11.9. The molecular formula is C11H25NO4S2. The maximum absolute atomic E-state index is 9.56. The van der Waals surface area contributed by atoms with Crippen LogP contribution in [0.2, 0.25) is 0 Å². The quantitative estimate of drug-likeness (QED) is 0.530. The van der Waals surface area contributed by atoms with E-state index in [2.05, 4.69) is 29.6 Å². The van der Waals surface area contributed by atoms with Crippen LogP contribution in [0.15, 0.2) is 25.3 Å². The summed E-state index contributed by atoms with van der Waals surface area (Å²) < 4.78 is 30.7. The highest BCUT2D eigenvalue weighted by atomic mass is 32.3. The summed E-state index contributed by atoms with van der Waals surface area (Å²) in [5.41, 5.74) is 0. The average Bonchev–Trinajstić information content (AvgIpc) is 2.18. The van der Waals surface area contributed by atoms with E-state index in [-0.39, 0.29) is 20.1 Å². The highest BCUT2D eigenvalue weighted by Crippen LogP contribution is 1.98. The first-order valence-electron chi connectivity index (χ1n) is 5.48. The monoisotopic (exact) mass is 299 g/mol. The molecule has 0 amide bonds. The number of nitrogens with one attached hydrogen (secondary N) is 1. The first-order valence-corrected chi connectivity index (χ1v) is 6.84. The molecule has 0 aromatic heterocycles. The van der Waals surface area contributed by atoms with Crippen LogP contribution in [-0.4, -0.2) is 32.2 Å². The third-order valence-corrected chi connectivity index (χ3v) is 2.20. The van der Waals surface area contributed by atoms with Crippen molar-refractivity contribution in [3.63, 3.8) is 0 Å². The van der Waals surface area contributed by atoms with Crippen molar-refractivity contribution < 1.29 is 17.2 Å². The van der Waals surface area contributed by atoms with Gasteiger partial charge in [-0.05, 0) is 26.3 Å². The van der Waals surface area contributed by atoms with Gasteiger partial charge in [0.05, 0.1) is 6.61 Å². The van der Waals surface area contributed by atoms with E-state index >= 15 is 0 Å². The molecule has 18 heavy (non-hydrogen) atoms. The zero-order valence-corrected chi connectivity index (χ0v) is 12.9. The zero-order valence-electron chi connectivity index (χ0n) is 11.1. The van der Waals surface area contributed by atoms with Gasteiger partial charge in [0, 0.05) is 6.04 Å². The lowest BCUT2D eigenvalue weighted by molar-refractivity contribution is 0.283. The molecule has 0 aromatic carbocycles. The molecule has 0 heterocycles.